The van der Waals surface area contributed by atoms with Gasteiger partial charge in [-0.15, -0.1) is 0 Å². The molecule has 9 nitrogen and oxygen atoms in total. The van der Waals surface area contributed by atoms with Crippen LogP contribution in [0.5, 0.6) is 0 Å². The van der Waals surface area contributed by atoms with E-state index in [0.717, 1.165) is 11.0 Å². The first-order chi connectivity index (χ1) is 14.8. The molecule has 3 rings (SSSR count). The van der Waals surface area contributed by atoms with Crippen LogP contribution in [0.3, 0.4) is 0 Å². The molecule has 1 aliphatic heterocycles. The number of carbonyl (C=O) groups excluding carboxylic acids is 2. The van der Waals surface area contributed by atoms with Crippen LogP contribution >= 0.6 is 11.8 Å². The van der Waals surface area contributed by atoms with Gasteiger partial charge in [-0.25, -0.2) is 14.6 Å². The second-order valence-corrected chi connectivity index (χ2v) is 9.00. The first-order valence-corrected chi connectivity index (χ1v) is 11.8. The van der Waals surface area contributed by atoms with Gasteiger partial charge in [0.2, 0.25) is 11.9 Å². The molecule has 2 heterocycles. The van der Waals surface area contributed by atoms with E-state index in [1.54, 1.807) is 11.8 Å². The molecule has 10 heteroatoms. The molecular formula is C21H29N5O4S. The summed E-state index contributed by atoms with van der Waals surface area (Å²) in [6.45, 7) is 4.88. The van der Waals surface area contributed by atoms with E-state index in [0.29, 0.717) is 37.6 Å². The zero-order valence-electron chi connectivity index (χ0n) is 18.0. The number of aromatic nitrogens is 2. The first-order valence-electron chi connectivity index (χ1n) is 10.4. The van der Waals surface area contributed by atoms with E-state index in [9.17, 15) is 19.5 Å². The van der Waals surface area contributed by atoms with Crippen molar-refractivity contribution in [2.75, 3.05) is 23.5 Å². The van der Waals surface area contributed by atoms with Crippen LogP contribution in [-0.2, 0) is 16.1 Å². The zero-order valence-corrected chi connectivity index (χ0v) is 18.8. The molecule has 0 spiro atoms. The Balaban J connectivity index is 1.73. The third kappa shape index (κ3) is 5.30. The third-order valence-corrected chi connectivity index (χ3v) is 5.86. The number of para-hydroxylation sites is 2. The van der Waals surface area contributed by atoms with E-state index in [1.807, 2.05) is 48.9 Å². The smallest absolute Gasteiger partial charge is 0.326 e. The van der Waals surface area contributed by atoms with Gasteiger partial charge in [0, 0.05) is 13.1 Å². The molecule has 2 aromatic rings. The summed E-state index contributed by atoms with van der Waals surface area (Å²) in [4.78, 5) is 43.5. The highest BCUT2D eigenvalue weighted by Crippen LogP contribution is 2.27. The largest absolute Gasteiger partial charge is 0.480 e. The van der Waals surface area contributed by atoms with Crippen LogP contribution in [0.25, 0.3) is 11.0 Å². The number of nitrogens with zero attached hydrogens (tertiary/aromatic N) is 3. The molecule has 3 N–H and O–H groups in total. The van der Waals surface area contributed by atoms with E-state index in [1.165, 1.54) is 4.90 Å². The van der Waals surface area contributed by atoms with Crippen LogP contribution in [0.15, 0.2) is 24.3 Å². The van der Waals surface area contributed by atoms with Crippen molar-refractivity contribution in [2.45, 2.75) is 45.3 Å². The fraction of sp³-hybridized carbons (Fsp3) is 0.524. The molecule has 168 valence electrons. The van der Waals surface area contributed by atoms with Crippen molar-refractivity contribution in [3.8, 4) is 0 Å². The van der Waals surface area contributed by atoms with Crippen molar-refractivity contribution in [3.63, 3.8) is 0 Å². The maximum absolute atomic E-state index is 13.0. The van der Waals surface area contributed by atoms with Gasteiger partial charge < -0.3 is 20.3 Å². The second kappa shape index (κ2) is 10.0. The fourth-order valence-corrected chi connectivity index (χ4v) is 4.15. The molecule has 1 aromatic heterocycles. The van der Waals surface area contributed by atoms with Gasteiger partial charge in [0.1, 0.15) is 12.1 Å². The quantitative estimate of drug-likeness (QED) is 0.543. The summed E-state index contributed by atoms with van der Waals surface area (Å²) < 4.78 is 1.98. The lowest BCUT2D eigenvalue weighted by Gasteiger charge is -2.24. The van der Waals surface area contributed by atoms with Crippen LogP contribution in [0, 0.1) is 5.92 Å². The normalized spacial score (nSPS) is 15.0. The topological polar surface area (TPSA) is 117 Å². The van der Waals surface area contributed by atoms with Crippen LogP contribution in [0.4, 0.5) is 10.7 Å². The van der Waals surface area contributed by atoms with E-state index < -0.39 is 30.0 Å². The molecule has 0 aliphatic carbocycles. The summed E-state index contributed by atoms with van der Waals surface area (Å²) in [6, 6.07) is 5.46. The predicted molar refractivity (Wildman–Crippen MR) is 121 cm³/mol. The molecule has 0 bridgehead atoms. The number of hydrogen-bond acceptors (Lipinski definition) is 5. The summed E-state index contributed by atoms with van der Waals surface area (Å²) in [5.41, 5.74) is 1.77. The highest BCUT2D eigenvalue weighted by Gasteiger charge is 2.32. The number of nitrogens with one attached hydrogen (secondary N) is 2. The molecule has 0 fully saturated rings. The standard InChI is InChI=1S/C21H29N5O4S/c1-13(2)12-16(19(28)29)22-18(27)15(8-11-31-3)24-21(30)26-10-9-25-17-7-5-4-6-14(17)23-20(25)26/h4-7,13,15-16H,8-12H2,1-3H3,(H,22,27)(H,24,30)(H,28,29). The SMILES string of the molecule is CSCCC(NC(=O)N1CCn2c1nc1ccccc12)C(=O)NC(CC(C)C)C(=O)O. The van der Waals surface area contributed by atoms with Crippen LogP contribution in [0.1, 0.15) is 26.7 Å². The highest BCUT2D eigenvalue weighted by molar-refractivity contribution is 7.98. The summed E-state index contributed by atoms with van der Waals surface area (Å²) in [5.74, 6) is -0.253. The number of amides is 3. The Morgan fingerprint density at radius 2 is 1.90 bits per heavy atom. The van der Waals surface area contributed by atoms with Gasteiger partial charge in [0.05, 0.1) is 11.0 Å². The number of imidazole rings is 1. The van der Waals surface area contributed by atoms with Crippen molar-refractivity contribution in [2.24, 2.45) is 5.92 Å². The lowest BCUT2D eigenvalue weighted by molar-refractivity contribution is -0.142. The van der Waals surface area contributed by atoms with Crippen molar-refractivity contribution >= 4 is 46.7 Å². The Kier molecular flexibility index (Phi) is 7.42. The number of thioether (sulfide) groups is 1. The molecule has 1 aromatic carbocycles. The lowest BCUT2D eigenvalue weighted by Crippen LogP contribution is -2.54. The number of carboxylic acids is 1. The monoisotopic (exact) mass is 447 g/mol. The fourth-order valence-electron chi connectivity index (χ4n) is 3.68. The highest BCUT2D eigenvalue weighted by atomic mass is 32.2. The number of carbonyl (C=O) groups is 3. The molecule has 31 heavy (non-hydrogen) atoms. The van der Waals surface area contributed by atoms with Gasteiger partial charge in [0.25, 0.3) is 0 Å². The van der Waals surface area contributed by atoms with Gasteiger partial charge >= 0.3 is 12.0 Å². The predicted octanol–water partition coefficient (Wildman–Crippen LogP) is 2.30. The van der Waals surface area contributed by atoms with Gasteiger partial charge in [-0.2, -0.15) is 11.8 Å². The average Bonchev–Trinajstić information content (AvgIpc) is 3.29. The Morgan fingerprint density at radius 3 is 2.58 bits per heavy atom. The van der Waals surface area contributed by atoms with Crippen molar-refractivity contribution in [3.05, 3.63) is 24.3 Å². The Morgan fingerprint density at radius 1 is 1.16 bits per heavy atom. The first kappa shape index (κ1) is 22.9. The zero-order chi connectivity index (χ0) is 22.5. The average molecular weight is 448 g/mol. The molecule has 3 amide bonds. The van der Waals surface area contributed by atoms with E-state index in [2.05, 4.69) is 15.6 Å². The maximum atomic E-state index is 13.0. The summed E-state index contributed by atoms with van der Waals surface area (Å²) in [5, 5.41) is 14.8. The minimum Gasteiger partial charge on any atom is -0.480 e. The Bertz CT molecular complexity index is 960. The number of carboxylic acid groups (broad SMARTS) is 1. The number of fused-ring (bicyclic) bond motifs is 3. The van der Waals surface area contributed by atoms with Gasteiger partial charge in [-0.1, -0.05) is 26.0 Å². The third-order valence-electron chi connectivity index (χ3n) is 5.21. The second-order valence-electron chi connectivity index (χ2n) is 8.02. The molecule has 0 radical (unpaired) electrons. The molecular weight excluding hydrogens is 418 g/mol. The molecule has 0 saturated heterocycles. The summed E-state index contributed by atoms with van der Waals surface area (Å²) in [6.07, 6.45) is 2.63. The van der Waals surface area contributed by atoms with Gasteiger partial charge in [-0.05, 0) is 42.9 Å². The van der Waals surface area contributed by atoms with E-state index in [4.69, 9.17) is 0 Å². The number of aliphatic carboxylic acids is 1. The minimum absolute atomic E-state index is 0.109. The van der Waals surface area contributed by atoms with Gasteiger partial charge in [0.15, 0.2) is 0 Å². The van der Waals surface area contributed by atoms with E-state index >= 15 is 0 Å². The lowest BCUT2D eigenvalue weighted by atomic mass is 10.0. The van der Waals surface area contributed by atoms with Crippen molar-refractivity contribution in [1.29, 1.82) is 0 Å². The van der Waals surface area contributed by atoms with Crippen molar-refractivity contribution in [1.82, 2.24) is 20.2 Å². The van der Waals surface area contributed by atoms with Crippen LogP contribution in [0.2, 0.25) is 0 Å². The number of anilines is 1. The number of rotatable bonds is 9. The van der Waals surface area contributed by atoms with E-state index in [-0.39, 0.29) is 5.92 Å². The van der Waals surface area contributed by atoms with Crippen LogP contribution in [-0.4, -0.2) is 63.2 Å². The molecule has 2 atom stereocenters. The maximum Gasteiger partial charge on any atom is 0.326 e. The van der Waals surface area contributed by atoms with Gasteiger partial charge in [-0.3, -0.25) is 9.69 Å². The number of urea groups is 1. The summed E-state index contributed by atoms with van der Waals surface area (Å²) in [7, 11) is 0. The molecule has 0 saturated carbocycles. The number of benzene rings is 1. The minimum atomic E-state index is -1.08. The van der Waals surface area contributed by atoms with Crippen molar-refractivity contribution < 1.29 is 19.5 Å². The molecule has 1 aliphatic rings. The molecule has 2 unspecified atom stereocenters. The Hall–Kier alpha value is -2.75. The number of hydrogen-bond donors (Lipinski definition) is 3. The van der Waals surface area contributed by atoms with Crippen LogP contribution < -0.4 is 15.5 Å². The summed E-state index contributed by atoms with van der Waals surface area (Å²) >= 11 is 1.56. The Labute approximate surface area is 185 Å².